The standard InChI is InChI=1S/C24H30N4O2/c1-30-23-7-3-2-6-22(23)28-16-14-27(15-17-28)13-5-4-11-26-24(29)20-8-9-21-19(18-20)10-12-25-21/h2-3,6-10,12,18,25H,4-5,11,13-17H2,1H3,(H,26,29). The molecule has 2 aromatic carbocycles. The number of aromatic nitrogens is 1. The molecular weight excluding hydrogens is 376 g/mol. The molecule has 0 atom stereocenters. The molecule has 6 nitrogen and oxygen atoms in total. The van der Waals surface area contributed by atoms with Gasteiger partial charge in [0.2, 0.25) is 0 Å². The number of para-hydroxylation sites is 2. The molecule has 0 bridgehead atoms. The SMILES string of the molecule is COc1ccccc1N1CCN(CCCCNC(=O)c2ccc3[nH]ccc3c2)CC1. The number of methoxy groups -OCH3 is 1. The zero-order valence-electron chi connectivity index (χ0n) is 17.6. The van der Waals surface area contributed by atoms with Crippen LogP contribution in [0.25, 0.3) is 10.9 Å². The average Bonchev–Trinajstić information content (AvgIpc) is 3.27. The normalized spacial score (nSPS) is 14.8. The number of fused-ring (bicyclic) bond motifs is 1. The fourth-order valence-corrected chi connectivity index (χ4v) is 4.06. The Kier molecular flexibility index (Phi) is 6.54. The van der Waals surface area contributed by atoms with Gasteiger partial charge in [-0.3, -0.25) is 9.69 Å². The van der Waals surface area contributed by atoms with Crippen molar-refractivity contribution in [1.29, 1.82) is 0 Å². The van der Waals surface area contributed by atoms with Crippen LogP contribution in [-0.4, -0.2) is 62.2 Å². The van der Waals surface area contributed by atoms with Crippen LogP contribution in [0.4, 0.5) is 5.69 Å². The Balaban J connectivity index is 1.15. The summed E-state index contributed by atoms with van der Waals surface area (Å²) in [7, 11) is 1.73. The molecule has 1 fully saturated rings. The first-order valence-electron chi connectivity index (χ1n) is 10.7. The van der Waals surface area contributed by atoms with E-state index in [9.17, 15) is 4.79 Å². The van der Waals surface area contributed by atoms with Crippen LogP contribution in [0.5, 0.6) is 5.75 Å². The van der Waals surface area contributed by atoms with E-state index in [0.717, 1.165) is 67.8 Å². The minimum Gasteiger partial charge on any atom is -0.495 e. The fourth-order valence-electron chi connectivity index (χ4n) is 4.06. The maximum atomic E-state index is 12.4. The number of unbranched alkanes of at least 4 members (excludes halogenated alkanes) is 1. The Hall–Kier alpha value is -2.99. The predicted octanol–water partition coefficient (Wildman–Crippen LogP) is 3.51. The van der Waals surface area contributed by atoms with Gasteiger partial charge in [0.05, 0.1) is 12.8 Å². The summed E-state index contributed by atoms with van der Waals surface area (Å²) in [5.74, 6) is 0.945. The van der Waals surface area contributed by atoms with Crippen LogP contribution in [0, 0.1) is 0 Å². The van der Waals surface area contributed by atoms with Crippen molar-refractivity contribution in [3.8, 4) is 5.75 Å². The Labute approximate surface area is 177 Å². The van der Waals surface area contributed by atoms with Crippen LogP contribution in [0.15, 0.2) is 54.7 Å². The number of ether oxygens (including phenoxy) is 1. The van der Waals surface area contributed by atoms with Gasteiger partial charge < -0.3 is 19.9 Å². The minimum atomic E-state index is 0.00326. The van der Waals surface area contributed by atoms with Gasteiger partial charge in [0.25, 0.3) is 5.91 Å². The van der Waals surface area contributed by atoms with Crippen molar-refractivity contribution in [3.63, 3.8) is 0 Å². The monoisotopic (exact) mass is 406 g/mol. The Morgan fingerprint density at radius 2 is 1.90 bits per heavy atom. The van der Waals surface area contributed by atoms with E-state index in [2.05, 4.69) is 32.2 Å². The van der Waals surface area contributed by atoms with E-state index in [1.807, 2.05) is 42.6 Å². The summed E-state index contributed by atoms with van der Waals surface area (Å²) in [5, 5.41) is 4.11. The molecule has 4 rings (SSSR count). The molecule has 2 N–H and O–H groups in total. The van der Waals surface area contributed by atoms with Crippen molar-refractivity contribution in [2.45, 2.75) is 12.8 Å². The number of H-pyrrole nitrogens is 1. The third-order valence-electron chi connectivity index (χ3n) is 5.80. The molecule has 0 unspecified atom stereocenters. The predicted molar refractivity (Wildman–Crippen MR) is 122 cm³/mol. The van der Waals surface area contributed by atoms with E-state index in [1.54, 1.807) is 7.11 Å². The molecule has 1 saturated heterocycles. The van der Waals surface area contributed by atoms with Crippen molar-refractivity contribution in [1.82, 2.24) is 15.2 Å². The Bertz CT molecular complexity index is 976. The highest BCUT2D eigenvalue weighted by atomic mass is 16.5. The van der Waals surface area contributed by atoms with Crippen molar-refractivity contribution in [2.24, 2.45) is 0 Å². The van der Waals surface area contributed by atoms with Gasteiger partial charge in [0, 0.05) is 55.4 Å². The lowest BCUT2D eigenvalue weighted by Gasteiger charge is -2.36. The number of amides is 1. The molecule has 0 aliphatic carbocycles. The summed E-state index contributed by atoms with van der Waals surface area (Å²) < 4.78 is 5.49. The third kappa shape index (κ3) is 4.76. The first kappa shape index (κ1) is 20.3. The number of carbonyl (C=O) groups is 1. The van der Waals surface area contributed by atoms with Crippen LogP contribution >= 0.6 is 0 Å². The highest BCUT2D eigenvalue weighted by molar-refractivity contribution is 5.98. The molecule has 1 aliphatic heterocycles. The van der Waals surface area contributed by atoms with Crippen LogP contribution < -0.4 is 15.0 Å². The number of hydrogen-bond donors (Lipinski definition) is 2. The maximum Gasteiger partial charge on any atom is 0.251 e. The van der Waals surface area contributed by atoms with E-state index >= 15 is 0 Å². The smallest absolute Gasteiger partial charge is 0.251 e. The first-order valence-corrected chi connectivity index (χ1v) is 10.7. The number of nitrogens with zero attached hydrogens (tertiary/aromatic N) is 2. The van der Waals surface area contributed by atoms with Gasteiger partial charge >= 0.3 is 0 Å². The Morgan fingerprint density at radius 1 is 1.07 bits per heavy atom. The second-order valence-electron chi connectivity index (χ2n) is 7.74. The van der Waals surface area contributed by atoms with Crippen LogP contribution in [0.2, 0.25) is 0 Å². The lowest BCUT2D eigenvalue weighted by Crippen LogP contribution is -2.46. The summed E-state index contributed by atoms with van der Waals surface area (Å²) in [6.07, 6.45) is 3.97. The zero-order valence-corrected chi connectivity index (χ0v) is 17.6. The van der Waals surface area contributed by atoms with E-state index in [-0.39, 0.29) is 5.91 Å². The quantitative estimate of drug-likeness (QED) is 0.562. The largest absolute Gasteiger partial charge is 0.495 e. The second-order valence-corrected chi connectivity index (χ2v) is 7.74. The van der Waals surface area contributed by atoms with Gasteiger partial charge in [-0.1, -0.05) is 12.1 Å². The van der Waals surface area contributed by atoms with Crippen LogP contribution in [0.3, 0.4) is 0 Å². The van der Waals surface area contributed by atoms with Crippen molar-refractivity contribution in [2.75, 3.05) is 51.3 Å². The van der Waals surface area contributed by atoms with Crippen LogP contribution in [0.1, 0.15) is 23.2 Å². The Morgan fingerprint density at radius 3 is 2.73 bits per heavy atom. The van der Waals surface area contributed by atoms with Gasteiger partial charge in [-0.25, -0.2) is 0 Å². The topological polar surface area (TPSA) is 60.6 Å². The van der Waals surface area contributed by atoms with E-state index in [1.165, 1.54) is 5.69 Å². The molecule has 0 spiro atoms. The molecule has 2 heterocycles. The molecule has 30 heavy (non-hydrogen) atoms. The number of rotatable bonds is 8. The molecule has 0 radical (unpaired) electrons. The zero-order chi connectivity index (χ0) is 20.8. The maximum absolute atomic E-state index is 12.4. The van der Waals surface area contributed by atoms with Crippen LogP contribution in [-0.2, 0) is 0 Å². The molecule has 1 aromatic heterocycles. The average molecular weight is 407 g/mol. The van der Waals surface area contributed by atoms with Crippen molar-refractivity contribution >= 4 is 22.5 Å². The van der Waals surface area contributed by atoms with Crippen molar-refractivity contribution < 1.29 is 9.53 Å². The highest BCUT2D eigenvalue weighted by Gasteiger charge is 2.19. The minimum absolute atomic E-state index is 0.00326. The van der Waals surface area contributed by atoms with E-state index in [0.29, 0.717) is 6.54 Å². The number of anilines is 1. The van der Waals surface area contributed by atoms with Gasteiger partial charge in [0.1, 0.15) is 5.75 Å². The van der Waals surface area contributed by atoms with E-state index in [4.69, 9.17) is 4.74 Å². The first-order chi connectivity index (χ1) is 14.7. The summed E-state index contributed by atoms with van der Waals surface area (Å²) in [6.45, 7) is 5.93. The molecule has 0 saturated carbocycles. The number of nitrogens with one attached hydrogen (secondary N) is 2. The molecule has 6 heteroatoms. The van der Waals surface area contributed by atoms with E-state index < -0.39 is 0 Å². The molecule has 3 aromatic rings. The number of hydrogen-bond acceptors (Lipinski definition) is 4. The van der Waals surface area contributed by atoms with Crippen molar-refractivity contribution in [3.05, 3.63) is 60.3 Å². The fraction of sp³-hybridized carbons (Fsp3) is 0.375. The van der Waals surface area contributed by atoms with Gasteiger partial charge in [0.15, 0.2) is 0 Å². The highest BCUT2D eigenvalue weighted by Crippen LogP contribution is 2.28. The second kappa shape index (κ2) is 9.67. The summed E-state index contributed by atoms with van der Waals surface area (Å²) in [6, 6.07) is 16.0. The van der Waals surface area contributed by atoms with Gasteiger partial charge in [-0.2, -0.15) is 0 Å². The summed E-state index contributed by atoms with van der Waals surface area (Å²) >= 11 is 0. The van der Waals surface area contributed by atoms with Gasteiger partial charge in [-0.05, 0) is 55.8 Å². The molecule has 1 aliphatic rings. The third-order valence-corrected chi connectivity index (χ3v) is 5.80. The summed E-state index contributed by atoms with van der Waals surface area (Å²) in [5.41, 5.74) is 2.95. The molecule has 1 amide bonds. The van der Waals surface area contributed by atoms with Gasteiger partial charge in [-0.15, -0.1) is 0 Å². The molecule has 158 valence electrons. The lowest BCUT2D eigenvalue weighted by atomic mass is 10.1. The number of carbonyl (C=O) groups excluding carboxylic acids is 1. The lowest BCUT2D eigenvalue weighted by molar-refractivity contribution is 0.0952. The number of benzene rings is 2. The number of aromatic amines is 1. The molecular formula is C24H30N4O2. The summed E-state index contributed by atoms with van der Waals surface area (Å²) in [4.78, 5) is 20.4. The number of piperazine rings is 1.